The van der Waals surface area contributed by atoms with Crippen LogP contribution in [0.3, 0.4) is 0 Å². The molecule has 0 heterocycles. The van der Waals surface area contributed by atoms with Crippen LogP contribution in [0.25, 0.3) is 0 Å². The molecule has 0 aliphatic carbocycles. The van der Waals surface area contributed by atoms with Gasteiger partial charge in [0.2, 0.25) is 5.91 Å². The minimum Gasteiger partial charge on any atom is -0.340 e. The number of hydrogen-bond acceptors (Lipinski definition) is 3. The number of hydrogen-bond donors (Lipinski definition) is 3. The Morgan fingerprint density at radius 1 is 0.750 bits per heavy atom. The van der Waals surface area contributed by atoms with Gasteiger partial charge < -0.3 is 16.0 Å². The second-order valence-corrected chi connectivity index (χ2v) is 7.56. The van der Waals surface area contributed by atoms with Crippen LogP contribution in [0.5, 0.6) is 0 Å². The maximum Gasteiger partial charge on any atom is 0.255 e. The van der Waals surface area contributed by atoms with Gasteiger partial charge in [0.15, 0.2) is 0 Å². The number of carbonyl (C=O) groups excluding carboxylic acids is 3. The van der Waals surface area contributed by atoms with Crippen molar-refractivity contribution in [3.05, 3.63) is 96.1 Å². The lowest BCUT2D eigenvalue weighted by atomic mass is 9.97. The van der Waals surface area contributed by atoms with Gasteiger partial charge in [-0.25, -0.2) is 0 Å². The van der Waals surface area contributed by atoms with Crippen molar-refractivity contribution < 1.29 is 14.4 Å². The molecule has 3 amide bonds. The van der Waals surface area contributed by atoms with Crippen molar-refractivity contribution in [2.24, 2.45) is 5.92 Å². The predicted octanol–water partition coefficient (Wildman–Crippen LogP) is 4.72. The van der Waals surface area contributed by atoms with Gasteiger partial charge in [-0.2, -0.15) is 0 Å². The highest BCUT2D eigenvalue weighted by molar-refractivity contribution is 6.10. The number of amides is 3. The van der Waals surface area contributed by atoms with Crippen LogP contribution in [-0.4, -0.2) is 23.8 Å². The Labute approximate surface area is 188 Å². The molecule has 0 aromatic heterocycles. The molecule has 6 heteroatoms. The van der Waals surface area contributed by atoms with Crippen molar-refractivity contribution in [2.45, 2.75) is 26.3 Å². The Morgan fingerprint density at radius 2 is 1.34 bits per heavy atom. The molecule has 2 atom stereocenters. The maximum absolute atomic E-state index is 13.1. The molecule has 0 radical (unpaired) electrons. The van der Waals surface area contributed by atoms with E-state index in [-0.39, 0.29) is 23.3 Å². The van der Waals surface area contributed by atoms with Gasteiger partial charge in [0.1, 0.15) is 6.04 Å². The lowest BCUT2D eigenvalue weighted by Crippen LogP contribution is -2.47. The van der Waals surface area contributed by atoms with E-state index < -0.39 is 11.9 Å². The second-order valence-electron chi connectivity index (χ2n) is 7.56. The zero-order chi connectivity index (χ0) is 22.9. The van der Waals surface area contributed by atoms with Crippen LogP contribution in [0.1, 0.15) is 41.0 Å². The molecule has 3 N–H and O–H groups in total. The van der Waals surface area contributed by atoms with Crippen molar-refractivity contribution in [1.29, 1.82) is 0 Å². The molecule has 0 saturated heterocycles. The van der Waals surface area contributed by atoms with Crippen LogP contribution >= 0.6 is 0 Å². The number of para-hydroxylation sites is 2. The first kappa shape index (κ1) is 22.7. The van der Waals surface area contributed by atoms with Crippen LogP contribution < -0.4 is 16.0 Å². The summed E-state index contributed by atoms with van der Waals surface area (Å²) in [6.45, 7) is 3.88. The summed E-state index contributed by atoms with van der Waals surface area (Å²) in [4.78, 5) is 38.6. The third kappa shape index (κ3) is 5.82. The molecule has 0 fully saturated rings. The van der Waals surface area contributed by atoms with Crippen molar-refractivity contribution in [3.63, 3.8) is 0 Å². The third-order valence-corrected chi connectivity index (χ3v) is 5.28. The third-order valence-electron chi connectivity index (χ3n) is 5.28. The second kappa shape index (κ2) is 10.9. The number of benzene rings is 3. The fourth-order valence-electron chi connectivity index (χ4n) is 3.24. The minimum atomic E-state index is -0.731. The Kier molecular flexibility index (Phi) is 7.75. The predicted molar refractivity (Wildman–Crippen MR) is 127 cm³/mol. The fraction of sp³-hybridized carbons (Fsp3) is 0.192. The number of nitrogens with one attached hydrogen (secondary N) is 3. The monoisotopic (exact) mass is 429 g/mol. The van der Waals surface area contributed by atoms with Crippen molar-refractivity contribution in [2.75, 3.05) is 10.6 Å². The largest absolute Gasteiger partial charge is 0.340 e. The van der Waals surface area contributed by atoms with E-state index in [1.807, 2.05) is 38.1 Å². The molecule has 164 valence electrons. The van der Waals surface area contributed by atoms with Gasteiger partial charge >= 0.3 is 0 Å². The number of anilines is 2. The quantitative estimate of drug-likeness (QED) is 0.484. The van der Waals surface area contributed by atoms with Crippen molar-refractivity contribution in [3.8, 4) is 0 Å². The van der Waals surface area contributed by atoms with Crippen LogP contribution in [0.15, 0.2) is 84.9 Å². The Hall–Kier alpha value is -3.93. The van der Waals surface area contributed by atoms with Gasteiger partial charge in [-0.05, 0) is 42.3 Å². The summed E-state index contributed by atoms with van der Waals surface area (Å²) in [5, 5.41) is 8.51. The van der Waals surface area contributed by atoms with Gasteiger partial charge in [0, 0.05) is 11.3 Å². The van der Waals surface area contributed by atoms with Gasteiger partial charge in [0.05, 0.1) is 11.3 Å². The first-order valence-electron chi connectivity index (χ1n) is 10.6. The summed E-state index contributed by atoms with van der Waals surface area (Å²) in [5.74, 6) is -1.12. The maximum atomic E-state index is 13.1. The summed E-state index contributed by atoms with van der Waals surface area (Å²) in [6, 6.07) is 23.9. The lowest BCUT2D eigenvalue weighted by molar-refractivity contribution is -0.119. The van der Waals surface area contributed by atoms with Crippen LogP contribution in [0.4, 0.5) is 11.4 Å². The fourth-order valence-corrected chi connectivity index (χ4v) is 3.24. The minimum absolute atomic E-state index is 0.0891. The lowest BCUT2D eigenvalue weighted by Gasteiger charge is -2.24. The molecule has 6 nitrogen and oxygen atoms in total. The van der Waals surface area contributed by atoms with Crippen LogP contribution in [0.2, 0.25) is 0 Å². The topological polar surface area (TPSA) is 87.3 Å². The first-order valence-corrected chi connectivity index (χ1v) is 10.6. The van der Waals surface area contributed by atoms with Gasteiger partial charge in [-0.1, -0.05) is 68.8 Å². The van der Waals surface area contributed by atoms with E-state index in [4.69, 9.17) is 0 Å². The summed E-state index contributed by atoms with van der Waals surface area (Å²) < 4.78 is 0. The molecule has 3 aromatic carbocycles. The van der Waals surface area contributed by atoms with E-state index >= 15 is 0 Å². The first-order chi connectivity index (χ1) is 15.5. The summed E-state index contributed by atoms with van der Waals surface area (Å²) in [7, 11) is 0. The normalized spacial score (nSPS) is 12.3. The molecule has 32 heavy (non-hydrogen) atoms. The van der Waals surface area contributed by atoms with E-state index in [0.29, 0.717) is 23.4 Å². The highest BCUT2D eigenvalue weighted by Gasteiger charge is 2.27. The Morgan fingerprint density at radius 3 is 2.00 bits per heavy atom. The zero-order valence-corrected chi connectivity index (χ0v) is 18.2. The molecule has 0 bridgehead atoms. The van der Waals surface area contributed by atoms with E-state index in [1.165, 1.54) is 0 Å². The molecule has 0 saturated carbocycles. The SMILES string of the molecule is CC[C@H](C)[C@H](NC(=O)c1ccccc1NC(=O)c1ccccc1)C(=O)Nc1ccccc1. The molecular weight excluding hydrogens is 402 g/mol. The van der Waals surface area contributed by atoms with E-state index in [0.717, 1.165) is 0 Å². The molecule has 0 spiro atoms. The van der Waals surface area contributed by atoms with E-state index in [9.17, 15) is 14.4 Å². The number of carbonyl (C=O) groups is 3. The molecule has 0 aliphatic rings. The standard InChI is InChI=1S/C26H27N3O3/c1-3-18(2)23(26(32)27-20-14-8-5-9-15-20)29-25(31)21-16-10-11-17-22(21)28-24(30)19-12-6-4-7-13-19/h4-18,23H,3H2,1-2H3,(H,27,32)(H,28,30)(H,29,31)/t18-,23-/m0/s1. The van der Waals surface area contributed by atoms with Crippen LogP contribution in [0, 0.1) is 5.92 Å². The molecular formula is C26H27N3O3. The average Bonchev–Trinajstić information content (AvgIpc) is 2.83. The van der Waals surface area contributed by atoms with Crippen LogP contribution in [-0.2, 0) is 4.79 Å². The Bertz CT molecular complexity index is 1070. The van der Waals surface area contributed by atoms with Crippen molar-refractivity contribution >= 4 is 29.1 Å². The summed E-state index contributed by atoms with van der Waals surface area (Å²) in [6.07, 6.45) is 0.708. The van der Waals surface area contributed by atoms with E-state index in [1.54, 1.807) is 60.7 Å². The zero-order valence-electron chi connectivity index (χ0n) is 18.2. The summed E-state index contributed by atoms with van der Waals surface area (Å²) in [5.41, 5.74) is 1.82. The Balaban J connectivity index is 1.78. The van der Waals surface area contributed by atoms with Crippen molar-refractivity contribution in [1.82, 2.24) is 5.32 Å². The van der Waals surface area contributed by atoms with E-state index in [2.05, 4.69) is 16.0 Å². The van der Waals surface area contributed by atoms with Gasteiger partial charge in [0.25, 0.3) is 11.8 Å². The molecule has 3 aromatic rings. The summed E-state index contributed by atoms with van der Waals surface area (Å²) >= 11 is 0. The highest BCUT2D eigenvalue weighted by Crippen LogP contribution is 2.18. The highest BCUT2D eigenvalue weighted by atomic mass is 16.2. The number of rotatable bonds is 8. The molecule has 0 unspecified atom stereocenters. The molecule has 3 rings (SSSR count). The smallest absolute Gasteiger partial charge is 0.255 e. The van der Waals surface area contributed by atoms with Gasteiger partial charge in [-0.15, -0.1) is 0 Å². The van der Waals surface area contributed by atoms with Gasteiger partial charge in [-0.3, -0.25) is 14.4 Å². The molecule has 0 aliphatic heterocycles. The average molecular weight is 430 g/mol.